The van der Waals surface area contributed by atoms with E-state index in [9.17, 15) is 13.2 Å². The van der Waals surface area contributed by atoms with Crippen molar-refractivity contribution in [2.24, 2.45) is 10.4 Å². The molecule has 0 bridgehead atoms. The van der Waals surface area contributed by atoms with E-state index in [2.05, 4.69) is 22.4 Å². The molecule has 2 N–H and O–H groups in total. The molecule has 1 atom stereocenters. The van der Waals surface area contributed by atoms with Crippen LogP contribution in [0.4, 0.5) is 18.9 Å². The van der Waals surface area contributed by atoms with E-state index in [-0.39, 0.29) is 15.7 Å². The maximum Gasteiger partial charge on any atom is 0.416 e. The average Bonchev–Trinajstić information content (AvgIpc) is 2.58. The summed E-state index contributed by atoms with van der Waals surface area (Å²) < 4.78 is 37.6. The van der Waals surface area contributed by atoms with E-state index >= 15 is 0 Å². The molecule has 1 fully saturated rings. The van der Waals surface area contributed by atoms with Crippen molar-refractivity contribution in [3.05, 3.63) is 40.4 Å². The van der Waals surface area contributed by atoms with Crippen LogP contribution in [-0.4, -0.2) is 16.7 Å². The number of halogens is 7. The highest BCUT2D eigenvalue weighted by molar-refractivity contribution is 6.50. The number of nitrogens with one attached hydrogen (secondary N) is 2. The van der Waals surface area contributed by atoms with Crippen LogP contribution in [0.15, 0.2) is 29.8 Å². The van der Waals surface area contributed by atoms with Crippen LogP contribution in [0, 0.1) is 5.41 Å². The summed E-state index contributed by atoms with van der Waals surface area (Å²) in [5.74, 6) is 0.448. The molecule has 28 heavy (non-hydrogen) atoms. The monoisotopic (exact) mass is 475 g/mol. The smallest absolute Gasteiger partial charge is 0.297 e. The fourth-order valence-corrected chi connectivity index (χ4v) is 4.28. The van der Waals surface area contributed by atoms with Gasteiger partial charge in [-0.25, -0.2) is 0 Å². The second-order valence-corrected chi connectivity index (χ2v) is 9.08. The molecule has 3 nitrogen and oxygen atoms in total. The number of aliphatic imine (C=N–C) groups is 1. The number of rotatable bonds is 5. The van der Waals surface area contributed by atoms with Crippen molar-refractivity contribution >= 4 is 57.9 Å². The minimum Gasteiger partial charge on any atom is -0.297 e. The topological polar surface area (TPSA) is 36.4 Å². The Morgan fingerprint density at radius 1 is 1.21 bits per heavy atom. The van der Waals surface area contributed by atoms with Crippen LogP contribution in [0.1, 0.15) is 38.2 Å². The van der Waals surface area contributed by atoms with Crippen LogP contribution in [0.5, 0.6) is 0 Å². The third kappa shape index (κ3) is 5.02. The van der Waals surface area contributed by atoms with Crippen molar-refractivity contribution in [2.45, 2.75) is 43.1 Å². The van der Waals surface area contributed by atoms with E-state index in [4.69, 9.17) is 46.4 Å². The van der Waals surface area contributed by atoms with E-state index < -0.39 is 21.5 Å². The second-order valence-electron chi connectivity index (χ2n) is 6.78. The fourth-order valence-electron chi connectivity index (χ4n) is 3.06. The number of amidine groups is 1. The van der Waals surface area contributed by atoms with Gasteiger partial charge in [0.15, 0.2) is 0 Å². The molecule has 0 amide bonds. The molecule has 0 heterocycles. The number of hydrogen-bond acceptors (Lipinski definition) is 2. The first kappa shape index (κ1) is 23.5. The first-order valence-electron chi connectivity index (χ1n) is 8.54. The Kier molecular flexibility index (Phi) is 7.46. The first-order chi connectivity index (χ1) is 12.9. The summed E-state index contributed by atoms with van der Waals surface area (Å²) >= 11 is 25.2. The Bertz CT molecular complexity index is 742. The van der Waals surface area contributed by atoms with Crippen LogP contribution in [0.3, 0.4) is 0 Å². The van der Waals surface area contributed by atoms with E-state index in [1.807, 2.05) is 6.92 Å². The van der Waals surface area contributed by atoms with Gasteiger partial charge in [-0.1, -0.05) is 42.1 Å². The summed E-state index contributed by atoms with van der Waals surface area (Å²) in [5, 5.41) is -0.376. The van der Waals surface area contributed by atoms with E-state index in [0.717, 1.165) is 25.0 Å². The van der Waals surface area contributed by atoms with Crippen molar-refractivity contribution in [3.8, 4) is 0 Å². The molecular weight excluding hydrogens is 457 g/mol. The molecule has 0 radical (unpaired) electrons. The van der Waals surface area contributed by atoms with Crippen LogP contribution in [0.25, 0.3) is 0 Å². The Labute approximate surface area is 182 Å². The molecular formula is C18H20Cl4F3N3. The minimum atomic E-state index is -4.55. The molecule has 1 aromatic carbocycles. The van der Waals surface area contributed by atoms with Gasteiger partial charge in [-0.15, -0.1) is 29.8 Å². The molecule has 1 saturated carbocycles. The van der Waals surface area contributed by atoms with Gasteiger partial charge in [-0.05, 0) is 31.9 Å². The Balaban J connectivity index is 2.32. The Morgan fingerprint density at radius 3 is 2.29 bits per heavy atom. The number of hydrogen-bond donors (Lipinski definition) is 2. The van der Waals surface area contributed by atoms with E-state index in [0.29, 0.717) is 25.2 Å². The van der Waals surface area contributed by atoms with Gasteiger partial charge in [-0.3, -0.25) is 15.8 Å². The SMILES string of the molecule is C=CCN=C(NNc1c(Cl)cc(C(F)(F)F)cc1Cl)C1(C)CCCCC1(Cl)Cl. The van der Waals surface area contributed by atoms with Crippen LogP contribution >= 0.6 is 46.4 Å². The van der Waals surface area contributed by atoms with Gasteiger partial charge in [0.2, 0.25) is 0 Å². The lowest BCUT2D eigenvalue weighted by molar-refractivity contribution is -0.137. The molecule has 156 valence electrons. The molecule has 1 aliphatic carbocycles. The van der Waals surface area contributed by atoms with E-state index in [1.54, 1.807) is 6.08 Å². The lowest BCUT2D eigenvalue weighted by Crippen LogP contribution is -2.53. The Morgan fingerprint density at radius 2 is 1.79 bits per heavy atom. The zero-order valence-electron chi connectivity index (χ0n) is 15.1. The van der Waals surface area contributed by atoms with Gasteiger partial charge in [0.1, 0.15) is 10.2 Å². The number of alkyl halides is 5. The third-order valence-electron chi connectivity index (χ3n) is 4.80. The van der Waals surface area contributed by atoms with Crippen molar-refractivity contribution in [1.29, 1.82) is 0 Å². The molecule has 0 saturated heterocycles. The highest BCUT2D eigenvalue weighted by Gasteiger charge is 2.51. The van der Waals surface area contributed by atoms with Crippen molar-refractivity contribution < 1.29 is 13.2 Å². The zero-order valence-corrected chi connectivity index (χ0v) is 18.1. The minimum absolute atomic E-state index is 0.0943. The van der Waals surface area contributed by atoms with Crippen LogP contribution in [0.2, 0.25) is 10.0 Å². The number of benzene rings is 1. The van der Waals surface area contributed by atoms with Gasteiger partial charge < -0.3 is 0 Å². The lowest BCUT2D eigenvalue weighted by Gasteiger charge is -2.44. The molecule has 1 aromatic rings. The maximum atomic E-state index is 12.9. The number of hydrazine groups is 1. The number of nitrogens with zero attached hydrogens (tertiary/aromatic N) is 1. The molecule has 10 heteroatoms. The summed E-state index contributed by atoms with van der Waals surface area (Å²) in [6.07, 6.45) is 0.121. The molecule has 2 rings (SSSR count). The fraction of sp³-hybridized carbons (Fsp3) is 0.500. The van der Waals surface area contributed by atoms with Gasteiger partial charge in [0.25, 0.3) is 0 Å². The standard InChI is InChI=1S/C18H20Cl4F3N3/c1-3-8-26-15(16(2)6-4-5-7-17(16,21)22)28-27-14-12(19)9-11(10-13(14)20)18(23,24)25/h3,9-10,27H,1,4-8H2,2H3,(H,26,28). The summed E-state index contributed by atoms with van der Waals surface area (Å²) in [6, 6.07) is 1.60. The van der Waals surface area contributed by atoms with Crippen molar-refractivity contribution in [3.63, 3.8) is 0 Å². The molecule has 1 aliphatic rings. The van der Waals surface area contributed by atoms with E-state index in [1.165, 1.54) is 0 Å². The molecule has 0 aliphatic heterocycles. The average molecular weight is 477 g/mol. The largest absolute Gasteiger partial charge is 0.416 e. The van der Waals surface area contributed by atoms with Crippen LogP contribution < -0.4 is 10.9 Å². The highest BCUT2D eigenvalue weighted by atomic mass is 35.5. The Hall–Kier alpha value is -0.820. The lowest BCUT2D eigenvalue weighted by atomic mass is 9.73. The summed E-state index contributed by atoms with van der Waals surface area (Å²) in [7, 11) is 0. The second kappa shape index (κ2) is 8.90. The summed E-state index contributed by atoms with van der Waals surface area (Å²) in [4.78, 5) is 4.45. The summed E-state index contributed by atoms with van der Waals surface area (Å²) in [6.45, 7) is 5.84. The normalized spacial score (nSPS) is 22.6. The van der Waals surface area contributed by atoms with Gasteiger partial charge in [-0.2, -0.15) is 13.2 Å². The van der Waals surface area contributed by atoms with Crippen LogP contribution in [-0.2, 0) is 6.18 Å². The van der Waals surface area contributed by atoms with Gasteiger partial charge in [0, 0.05) is 0 Å². The van der Waals surface area contributed by atoms with Crippen molar-refractivity contribution in [1.82, 2.24) is 5.43 Å². The third-order valence-corrected chi connectivity index (χ3v) is 6.61. The molecule has 1 unspecified atom stereocenters. The predicted molar refractivity (Wildman–Crippen MR) is 112 cm³/mol. The predicted octanol–water partition coefficient (Wildman–Crippen LogP) is 7.27. The summed E-state index contributed by atoms with van der Waals surface area (Å²) in [5.41, 5.74) is 4.12. The number of anilines is 1. The zero-order chi connectivity index (χ0) is 21.2. The van der Waals surface area contributed by atoms with Gasteiger partial charge in [0.05, 0.1) is 33.3 Å². The molecule has 0 aromatic heterocycles. The maximum absolute atomic E-state index is 12.9. The van der Waals surface area contributed by atoms with Crippen molar-refractivity contribution in [2.75, 3.05) is 12.0 Å². The quantitative estimate of drug-likeness (QED) is 0.154. The first-order valence-corrected chi connectivity index (χ1v) is 10.1. The molecule has 0 spiro atoms. The van der Waals surface area contributed by atoms with Gasteiger partial charge >= 0.3 is 6.18 Å². The highest BCUT2D eigenvalue weighted by Crippen LogP contribution is 2.52.